The second-order valence-electron chi connectivity index (χ2n) is 7.14. The Hall–Kier alpha value is -0.720. The molecule has 0 aromatic carbocycles. The molecule has 2 unspecified atom stereocenters. The normalized spacial score (nSPS) is 23.8. The second-order valence-corrected chi connectivity index (χ2v) is 8.60. The van der Waals surface area contributed by atoms with Crippen molar-refractivity contribution in [1.29, 1.82) is 0 Å². The van der Waals surface area contributed by atoms with E-state index in [1.54, 1.807) is 0 Å². The third-order valence-electron chi connectivity index (χ3n) is 4.80. The van der Waals surface area contributed by atoms with E-state index < -0.39 is 11.0 Å². The molecule has 2 N–H and O–H groups in total. The Bertz CT molecular complexity index is 502. The van der Waals surface area contributed by atoms with Gasteiger partial charge in [0.2, 0.25) is 0 Å². The molecule has 6 heteroatoms. The Labute approximate surface area is 136 Å². The van der Waals surface area contributed by atoms with Gasteiger partial charge in [-0.25, -0.2) is 4.21 Å². The Morgan fingerprint density at radius 3 is 2.73 bits per heavy atom. The van der Waals surface area contributed by atoms with Gasteiger partial charge in [0, 0.05) is 24.5 Å². The van der Waals surface area contributed by atoms with Gasteiger partial charge in [0.15, 0.2) is 0 Å². The molecule has 5 nitrogen and oxygen atoms in total. The first-order valence-electron chi connectivity index (χ1n) is 8.22. The van der Waals surface area contributed by atoms with Crippen LogP contribution < -0.4 is 5.14 Å². The van der Waals surface area contributed by atoms with Crippen molar-refractivity contribution in [1.82, 2.24) is 14.7 Å². The highest BCUT2D eigenvalue weighted by atomic mass is 32.2. The number of aromatic nitrogens is 2. The van der Waals surface area contributed by atoms with Crippen molar-refractivity contribution < 1.29 is 4.21 Å². The van der Waals surface area contributed by atoms with Crippen LogP contribution in [0.15, 0.2) is 12.4 Å². The van der Waals surface area contributed by atoms with Crippen LogP contribution >= 0.6 is 0 Å². The lowest BCUT2D eigenvalue weighted by Gasteiger charge is -2.22. The molecule has 2 heterocycles. The van der Waals surface area contributed by atoms with Gasteiger partial charge in [-0.05, 0) is 56.7 Å². The summed E-state index contributed by atoms with van der Waals surface area (Å²) >= 11 is 0. The molecule has 4 atom stereocenters. The molecule has 1 aromatic heterocycles. The molecule has 1 aliphatic rings. The summed E-state index contributed by atoms with van der Waals surface area (Å²) in [5, 5.41) is 10.1. The molecule has 0 radical (unpaired) electrons. The van der Waals surface area contributed by atoms with E-state index in [0.717, 1.165) is 19.5 Å². The first-order chi connectivity index (χ1) is 10.4. The van der Waals surface area contributed by atoms with Crippen molar-refractivity contribution in [2.75, 3.05) is 20.1 Å². The van der Waals surface area contributed by atoms with Crippen molar-refractivity contribution in [3.05, 3.63) is 18.0 Å². The van der Waals surface area contributed by atoms with Crippen LogP contribution in [0.4, 0.5) is 0 Å². The third kappa shape index (κ3) is 4.64. The van der Waals surface area contributed by atoms with Crippen LogP contribution in [-0.2, 0) is 17.5 Å². The Balaban J connectivity index is 2.01. The third-order valence-corrected chi connectivity index (χ3v) is 5.79. The number of hydrogen-bond acceptors (Lipinski definition) is 3. The molecule has 1 saturated heterocycles. The first-order valence-corrected chi connectivity index (χ1v) is 9.50. The molecule has 0 spiro atoms. The van der Waals surface area contributed by atoms with Crippen molar-refractivity contribution in [2.24, 2.45) is 17.0 Å². The molecule has 1 aromatic rings. The minimum atomic E-state index is -1.25. The van der Waals surface area contributed by atoms with Crippen LogP contribution in [0.3, 0.4) is 0 Å². The maximum atomic E-state index is 11.5. The van der Waals surface area contributed by atoms with Crippen molar-refractivity contribution in [3.63, 3.8) is 0 Å². The molecule has 22 heavy (non-hydrogen) atoms. The number of nitrogens with zero attached hydrogens (tertiary/aromatic N) is 3. The lowest BCUT2D eigenvalue weighted by molar-refractivity contribution is 0.369. The van der Waals surface area contributed by atoms with E-state index >= 15 is 0 Å². The molecule has 1 aliphatic heterocycles. The molecule has 0 saturated carbocycles. The van der Waals surface area contributed by atoms with Crippen LogP contribution in [0.5, 0.6) is 0 Å². The minimum Gasteiger partial charge on any atom is -0.306 e. The van der Waals surface area contributed by atoms with Gasteiger partial charge in [0.25, 0.3) is 0 Å². The minimum absolute atomic E-state index is 0.0132. The molecule has 0 aliphatic carbocycles. The summed E-state index contributed by atoms with van der Waals surface area (Å²) in [6, 6.07) is 0. The standard InChI is InChI=1S/C16H30N4OS/c1-12(2)16(7-13(3)22(17)21)15-8-18-20(11-15)10-14-5-6-19(4)9-14/h8,11-14,16H,5-7,9-10,17H2,1-4H3/t13?,14-,16-,22?/m0/s1. The number of rotatable bonds is 7. The Morgan fingerprint density at radius 2 is 2.18 bits per heavy atom. The maximum absolute atomic E-state index is 11.5. The zero-order valence-corrected chi connectivity index (χ0v) is 15.1. The zero-order chi connectivity index (χ0) is 16.3. The highest BCUT2D eigenvalue weighted by Gasteiger charge is 2.24. The SMILES string of the molecule is CC(C)[C@H](CC(C)S(N)=O)c1cnn(C[C@H]2CCN(C)C2)c1. The summed E-state index contributed by atoms with van der Waals surface area (Å²) in [6.45, 7) is 9.72. The van der Waals surface area contributed by atoms with Gasteiger partial charge in [-0.1, -0.05) is 13.8 Å². The molecular formula is C16H30N4OS. The fraction of sp³-hybridized carbons (Fsp3) is 0.812. The molecule has 0 amide bonds. The van der Waals surface area contributed by atoms with Crippen LogP contribution in [0.25, 0.3) is 0 Å². The average molecular weight is 327 g/mol. The predicted octanol–water partition coefficient (Wildman–Crippen LogP) is 1.98. The Morgan fingerprint density at radius 1 is 1.45 bits per heavy atom. The lowest BCUT2D eigenvalue weighted by atomic mass is 9.86. The fourth-order valence-corrected chi connectivity index (χ4v) is 3.75. The number of likely N-dealkylation sites (tertiary alicyclic amines) is 1. The van der Waals surface area contributed by atoms with E-state index in [0.29, 0.717) is 17.8 Å². The van der Waals surface area contributed by atoms with Gasteiger partial charge in [-0.3, -0.25) is 9.82 Å². The monoisotopic (exact) mass is 326 g/mol. The summed E-state index contributed by atoms with van der Waals surface area (Å²) < 4.78 is 13.5. The van der Waals surface area contributed by atoms with E-state index in [-0.39, 0.29) is 5.25 Å². The van der Waals surface area contributed by atoms with Crippen LogP contribution in [0.1, 0.15) is 45.1 Å². The lowest BCUT2D eigenvalue weighted by Crippen LogP contribution is -2.22. The molecular weight excluding hydrogens is 296 g/mol. The average Bonchev–Trinajstić information content (AvgIpc) is 3.05. The fourth-order valence-electron chi connectivity index (χ4n) is 3.36. The van der Waals surface area contributed by atoms with E-state index in [1.807, 2.05) is 13.1 Å². The number of hydrogen-bond donors (Lipinski definition) is 1. The van der Waals surface area contributed by atoms with Crippen LogP contribution in [0, 0.1) is 11.8 Å². The smallest absolute Gasteiger partial charge is 0.0917 e. The zero-order valence-electron chi connectivity index (χ0n) is 14.2. The van der Waals surface area contributed by atoms with Crippen molar-refractivity contribution in [2.45, 2.75) is 51.3 Å². The van der Waals surface area contributed by atoms with E-state index in [9.17, 15) is 4.21 Å². The van der Waals surface area contributed by atoms with Gasteiger partial charge in [0.1, 0.15) is 0 Å². The van der Waals surface area contributed by atoms with Gasteiger partial charge < -0.3 is 4.90 Å². The Kier molecular flexibility index (Phi) is 6.17. The van der Waals surface area contributed by atoms with Gasteiger partial charge in [-0.15, -0.1) is 0 Å². The summed E-state index contributed by atoms with van der Waals surface area (Å²) in [4.78, 5) is 2.38. The first kappa shape index (κ1) is 17.6. The maximum Gasteiger partial charge on any atom is 0.0917 e. The summed E-state index contributed by atoms with van der Waals surface area (Å²) in [5.41, 5.74) is 1.25. The van der Waals surface area contributed by atoms with E-state index in [2.05, 4.69) is 41.8 Å². The highest BCUT2D eigenvalue weighted by Crippen LogP contribution is 2.30. The molecule has 1 fully saturated rings. The second kappa shape index (κ2) is 7.70. The van der Waals surface area contributed by atoms with Crippen molar-refractivity contribution in [3.8, 4) is 0 Å². The summed E-state index contributed by atoms with van der Waals surface area (Å²) in [6.07, 6.45) is 6.26. The van der Waals surface area contributed by atoms with Crippen LogP contribution in [-0.4, -0.2) is 44.3 Å². The molecule has 126 valence electrons. The summed E-state index contributed by atoms with van der Waals surface area (Å²) in [5.74, 6) is 1.55. The van der Waals surface area contributed by atoms with Gasteiger partial charge in [0.05, 0.1) is 17.2 Å². The highest BCUT2D eigenvalue weighted by molar-refractivity contribution is 7.83. The predicted molar refractivity (Wildman–Crippen MR) is 91.8 cm³/mol. The molecule has 2 rings (SSSR count). The summed E-state index contributed by atoms with van der Waals surface area (Å²) in [7, 11) is 0.923. The molecule has 0 bridgehead atoms. The number of nitrogens with two attached hydrogens (primary N) is 1. The van der Waals surface area contributed by atoms with Crippen molar-refractivity contribution >= 4 is 11.0 Å². The quantitative estimate of drug-likeness (QED) is 0.833. The van der Waals surface area contributed by atoms with Gasteiger partial charge >= 0.3 is 0 Å². The topological polar surface area (TPSA) is 64.2 Å². The largest absolute Gasteiger partial charge is 0.306 e. The van der Waals surface area contributed by atoms with E-state index in [1.165, 1.54) is 18.5 Å². The van der Waals surface area contributed by atoms with Crippen LogP contribution in [0.2, 0.25) is 0 Å². The van der Waals surface area contributed by atoms with Gasteiger partial charge in [-0.2, -0.15) is 5.10 Å². The van der Waals surface area contributed by atoms with E-state index in [4.69, 9.17) is 5.14 Å².